The first-order chi connectivity index (χ1) is 9.74. The summed E-state index contributed by atoms with van der Waals surface area (Å²) in [6.07, 6.45) is 12.8. The van der Waals surface area contributed by atoms with Gasteiger partial charge in [0.15, 0.2) is 0 Å². The van der Waals surface area contributed by atoms with E-state index < -0.39 is 0 Å². The van der Waals surface area contributed by atoms with Crippen molar-refractivity contribution in [1.29, 1.82) is 0 Å². The summed E-state index contributed by atoms with van der Waals surface area (Å²) in [5, 5.41) is 5.64. The Morgan fingerprint density at radius 3 is 3.00 bits per heavy atom. The molecule has 2 fully saturated rings. The van der Waals surface area contributed by atoms with Gasteiger partial charge in [-0.15, -0.1) is 5.06 Å². The summed E-state index contributed by atoms with van der Waals surface area (Å²) in [4.78, 5) is 6.13. The second-order valence-corrected chi connectivity index (χ2v) is 6.29. The van der Waals surface area contributed by atoms with Gasteiger partial charge in [-0.25, -0.2) is 0 Å². The molecule has 0 aromatic heterocycles. The van der Waals surface area contributed by atoms with Crippen molar-refractivity contribution in [2.45, 2.75) is 45.1 Å². The molecule has 2 unspecified atom stereocenters. The standard InChI is InChI=1S/C17H26N2O/c1-13-5-6-15-7-8-16(12-13)20-19(2)17(15)14-4-3-10-18-11-9-14/h5-6,12,14,17-18H,3-4,7-11H2,1-2H3. The summed E-state index contributed by atoms with van der Waals surface area (Å²) in [5.74, 6) is 1.81. The highest BCUT2D eigenvalue weighted by molar-refractivity contribution is 5.31. The molecule has 2 atom stereocenters. The van der Waals surface area contributed by atoms with Crippen LogP contribution in [0.4, 0.5) is 0 Å². The number of nitrogens with zero attached hydrogens (tertiary/aromatic N) is 1. The SMILES string of the molecule is CC1=CC=C2CCC(=C1)ON(C)C2C1CCCNCC1. The number of hydroxylamine groups is 2. The van der Waals surface area contributed by atoms with Crippen molar-refractivity contribution in [3.05, 3.63) is 35.1 Å². The molecule has 1 aliphatic carbocycles. The van der Waals surface area contributed by atoms with Gasteiger partial charge in [-0.1, -0.05) is 12.2 Å². The number of nitrogens with one attached hydrogen (secondary N) is 1. The summed E-state index contributed by atoms with van der Waals surface area (Å²) in [5.41, 5.74) is 2.83. The minimum absolute atomic E-state index is 0.433. The van der Waals surface area contributed by atoms with Crippen molar-refractivity contribution in [1.82, 2.24) is 10.4 Å². The smallest absolute Gasteiger partial charge is 0.125 e. The number of rotatable bonds is 1. The first-order valence-corrected chi connectivity index (χ1v) is 7.93. The third-order valence-corrected chi connectivity index (χ3v) is 4.71. The zero-order valence-corrected chi connectivity index (χ0v) is 12.7. The second kappa shape index (κ2) is 6.15. The average molecular weight is 274 g/mol. The van der Waals surface area contributed by atoms with Gasteiger partial charge in [-0.2, -0.15) is 0 Å². The van der Waals surface area contributed by atoms with Crippen LogP contribution in [0.1, 0.15) is 39.0 Å². The highest BCUT2D eigenvalue weighted by Crippen LogP contribution is 2.35. The van der Waals surface area contributed by atoms with Crippen LogP contribution in [0.2, 0.25) is 0 Å². The van der Waals surface area contributed by atoms with Crippen molar-refractivity contribution in [3.8, 4) is 0 Å². The summed E-state index contributed by atoms with van der Waals surface area (Å²) >= 11 is 0. The lowest BCUT2D eigenvalue weighted by atomic mass is 9.84. The molecule has 2 saturated heterocycles. The van der Waals surface area contributed by atoms with Gasteiger partial charge in [0.25, 0.3) is 0 Å². The first kappa shape index (κ1) is 13.9. The van der Waals surface area contributed by atoms with Gasteiger partial charge >= 0.3 is 0 Å². The monoisotopic (exact) mass is 274 g/mol. The van der Waals surface area contributed by atoms with Crippen LogP contribution in [0.15, 0.2) is 35.1 Å². The van der Waals surface area contributed by atoms with Crippen LogP contribution in [0.25, 0.3) is 0 Å². The molecule has 0 spiro atoms. The number of fused-ring (bicyclic) bond motifs is 3. The molecule has 2 bridgehead atoms. The predicted molar refractivity (Wildman–Crippen MR) is 82.0 cm³/mol. The molecular weight excluding hydrogens is 248 g/mol. The van der Waals surface area contributed by atoms with E-state index in [9.17, 15) is 0 Å². The summed E-state index contributed by atoms with van der Waals surface area (Å²) < 4.78 is 0. The van der Waals surface area contributed by atoms with Crippen LogP contribution in [0, 0.1) is 5.92 Å². The van der Waals surface area contributed by atoms with Crippen LogP contribution in [0.5, 0.6) is 0 Å². The number of hydrogen-bond donors (Lipinski definition) is 1. The maximum Gasteiger partial charge on any atom is 0.125 e. The Labute approximate surface area is 122 Å². The zero-order valence-electron chi connectivity index (χ0n) is 12.7. The molecule has 0 radical (unpaired) electrons. The molecule has 0 amide bonds. The van der Waals surface area contributed by atoms with Gasteiger partial charge < -0.3 is 10.2 Å². The number of likely N-dealkylation sites (N-methyl/N-ethyl adjacent to an activating group) is 1. The quantitative estimate of drug-likeness (QED) is 0.795. The zero-order chi connectivity index (χ0) is 13.9. The topological polar surface area (TPSA) is 24.5 Å². The Kier molecular flexibility index (Phi) is 4.27. The first-order valence-electron chi connectivity index (χ1n) is 7.93. The maximum absolute atomic E-state index is 6.13. The molecule has 2 aliphatic heterocycles. The van der Waals surface area contributed by atoms with Gasteiger partial charge in [0.2, 0.25) is 0 Å². The van der Waals surface area contributed by atoms with E-state index in [-0.39, 0.29) is 0 Å². The molecule has 2 heterocycles. The van der Waals surface area contributed by atoms with E-state index in [1.165, 1.54) is 24.8 Å². The molecule has 3 rings (SSSR count). The van der Waals surface area contributed by atoms with Crippen molar-refractivity contribution < 1.29 is 4.84 Å². The van der Waals surface area contributed by atoms with Gasteiger partial charge in [0.05, 0.1) is 6.04 Å². The molecule has 3 nitrogen and oxygen atoms in total. The van der Waals surface area contributed by atoms with Gasteiger partial charge in [-0.05, 0) is 68.8 Å². The van der Waals surface area contributed by atoms with Crippen molar-refractivity contribution >= 4 is 0 Å². The molecule has 20 heavy (non-hydrogen) atoms. The number of hydrogen-bond acceptors (Lipinski definition) is 3. The van der Waals surface area contributed by atoms with Gasteiger partial charge in [-0.3, -0.25) is 0 Å². The third-order valence-electron chi connectivity index (χ3n) is 4.71. The maximum atomic E-state index is 6.13. The molecule has 0 aromatic carbocycles. The van der Waals surface area contributed by atoms with Crippen molar-refractivity contribution in [2.75, 3.05) is 20.1 Å². The third kappa shape index (κ3) is 2.99. The lowest BCUT2D eigenvalue weighted by Crippen LogP contribution is -2.38. The molecular formula is C17H26N2O. The van der Waals surface area contributed by atoms with Crippen LogP contribution < -0.4 is 5.32 Å². The highest BCUT2D eigenvalue weighted by Gasteiger charge is 2.33. The van der Waals surface area contributed by atoms with E-state index in [0.717, 1.165) is 31.7 Å². The summed E-state index contributed by atoms with van der Waals surface area (Å²) in [7, 11) is 2.11. The van der Waals surface area contributed by atoms with Crippen molar-refractivity contribution in [3.63, 3.8) is 0 Å². The minimum atomic E-state index is 0.433. The van der Waals surface area contributed by atoms with E-state index in [1.54, 1.807) is 5.57 Å². The van der Waals surface area contributed by atoms with E-state index in [0.29, 0.717) is 12.0 Å². The van der Waals surface area contributed by atoms with Gasteiger partial charge in [0, 0.05) is 13.5 Å². The highest BCUT2D eigenvalue weighted by atomic mass is 16.7. The minimum Gasteiger partial charge on any atom is -0.410 e. The molecule has 1 N–H and O–H groups in total. The Bertz CT molecular complexity index is 442. The van der Waals surface area contributed by atoms with E-state index in [4.69, 9.17) is 4.84 Å². The van der Waals surface area contributed by atoms with Gasteiger partial charge in [0.1, 0.15) is 5.76 Å². The fourth-order valence-corrected chi connectivity index (χ4v) is 3.72. The fraction of sp³-hybridized carbons (Fsp3) is 0.647. The van der Waals surface area contributed by atoms with E-state index in [2.05, 4.69) is 42.6 Å². The van der Waals surface area contributed by atoms with Crippen molar-refractivity contribution in [2.24, 2.45) is 5.92 Å². The second-order valence-electron chi connectivity index (χ2n) is 6.29. The molecule has 3 heteroatoms. The Morgan fingerprint density at radius 2 is 2.10 bits per heavy atom. The van der Waals surface area contributed by atoms with Crippen LogP contribution in [-0.4, -0.2) is 31.2 Å². The Balaban J connectivity index is 1.90. The largest absolute Gasteiger partial charge is 0.410 e. The summed E-state index contributed by atoms with van der Waals surface area (Å²) in [6, 6.07) is 0.433. The normalized spacial score (nSPS) is 32.0. The molecule has 0 aromatic rings. The average Bonchev–Trinajstić information content (AvgIpc) is 2.72. The summed E-state index contributed by atoms with van der Waals surface area (Å²) in [6.45, 7) is 4.45. The predicted octanol–water partition coefficient (Wildman–Crippen LogP) is 3.17. The fourth-order valence-electron chi connectivity index (χ4n) is 3.72. The van der Waals surface area contributed by atoms with Crippen LogP contribution in [-0.2, 0) is 4.84 Å². The molecule has 110 valence electrons. The van der Waals surface area contributed by atoms with E-state index in [1.807, 2.05) is 0 Å². The lowest BCUT2D eigenvalue weighted by molar-refractivity contribution is -0.130. The van der Waals surface area contributed by atoms with Crippen LogP contribution in [0.3, 0.4) is 0 Å². The van der Waals surface area contributed by atoms with Crippen LogP contribution >= 0.6 is 0 Å². The van der Waals surface area contributed by atoms with E-state index >= 15 is 0 Å². The Morgan fingerprint density at radius 1 is 1.20 bits per heavy atom. The molecule has 0 saturated carbocycles. The Hall–Kier alpha value is -1.06. The molecule has 3 aliphatic rings. The lowest BCUT2D eigenvalue weighted by Gasteiger charge is -2.33. The number of allylic oxidation sites excluding steroid dienone is 5.